The van der Waals surface area contributed by atoms with E-state index in [2.05, 4.69) is 21.7 Å². The highest BCUT2D eigenvalue weighted by Crippen LogP contribution is 2.43. The zero-order chi connectivity index (χ0) is 8.01. The fourth-order valence-electron chi connectivity index (χ4n) is 1.44. The van der Waals surface area contributed by atoms with Crippen molar-refractivity contribution < 1.29 is 0 Å². The van der Waals surface area contributed by atoms with Gasteiger partial charge in [0.05, 0.1) is 0 Å². The molecule has 2 rings (SSSR count). The first-order valence-corrected chi connectivity index (χ1v) is 4.24. The summed E-state index contributed by atoms with van der Waals surface area (Å²) < 4.78 is 2.87. The maximum Gasteiger partial charge on any atom is 0.195 e. The molecule has 0 saturated heterocycles. The van der Waals surface area contributed by atoms with Crippen LogP contribution in [0.4, 0.5) is 0 Å². The summed E-state index contributed by atoms with van der Waals surface area (Å²) in [5, 5.41) is 6.85. The van der Waals surface area contributed by atoms with E-state index in [9.17, 15) is 0 Å². The van der Waals surface area contributed by atoms with E-state index in [1.54, 1.807) is 0 Å². The van der Waals surface area contributed by atoms with Crippen LogP contribution in [-0.2, 0) is 0 Å². The molecule has 1 saturated carbocycles. The summed E-state index contributed by atoms with van der Waals surface area (Å²) >= 11 is 5.09. The predicted octanol–water partition coefficient (Wildman–Crippen LogP) is 1.83. The molecule has 1 aliphatic rings. The summed E-state index contributed by atoms with van der Waals surface area (Å²) in [6, 6.07) is 0.612. The fourth-order valence-corrected chi connectivity index (χ4v) is 1.75. The van der Waals surface area contributed by atoms with Crippen molar-refractivity contribution in [3.8, 4) is 0 Å². The van der Waals surface area contributed by atoms with Crippen LogP contribution in [0, 0.1) is 17.6 Å². The monoisotopic (exact) mass is 169 g/mol. The lowest BCUT2D eigenvalue weighted by Gasteiger charge is -1.99. The Bertz CT molecular complexity index is 325. The van der Waals surface area contributed by atoms with Gasteiger partial charge in [0, 0.05) is 6.04 Å². The highest BCUT2D eigenvalue weighted by Gasteiger charge is 2.35. The molecule has 0 radical (unpaired) electrons. The summed E-state index contributed by atoms with van der Waals surface area (Å²) in [6.07, 6.45) is 1.24. The zero-order valence-corrected chi connectivity index (χ0v) is 7.48. The first kappa shape index (κ1) is 7.03. The summed E-state index contributed by atoms with van der Waals surface area (Å²) in [4.78, 5) is 0. The minimum atomic E-state index is 0.612. The minimum Gasteiger partial charge on any atom is -0.301 e. The first-order chi connectivity index (χ1) is 5.20. The van der Waals surface area contributed by atoms with E-state index >= 15 is 0 Å². The Morgan fingerprint density at radius 1 is 1.73 bits per heavy atom. The lowest BCUT2D eigenvalue weighted by atomic mass is 10.5. The SMILES string of the molecule is Cc1n[nH]c(=S)n1C1CC1C. The summed E-state index contributed by atoms with van der Waals surface area (Å²) in [6.45, 7) is 4.22. The molecule has 1 aromatic heterocycles. The molecule has 0 bridgehead atoms. The number of aromatic nitrogens is 3. The molecule has 0 aliphatic heterocycles. The predicted molar refractivity (Wildman–Crippen MR) is 45.0 cm³/mol. The Morgan fingerprint density at radius 2 is 2.36 bits per heavy atom. The van der Waals surface area contributed by atoms with Gasteiger partial charge < -0.3 is 4.57 Å². The second-order valence-electron chi connectivity index (χ2n) is 3.23. The third-order valence-corrected chi connectivity index (χ3v) is 2.57. The van der Waals surface area contributed by atoms with Gasteiger partial charge in [0.2, 0.25) is 0 Å². The Balaban J connectivity index is 2.43. The normalized spacial score (nSPS) is 28.9. The number of nitrogens with zero attached hydrogens (tertiary/aromatic N) is 2. The van der Waals surface area contributed by atoms with Gasteiger partial charge in [-0.2, -0.15) is 5.10 Å². The number of aryl methyl sites for hydroxylation is 1. The maximum absolute atomic E-state index is 5.09. The molecule has 1 aromatic rings. The molecule has 2 unspecified atom stereocenters. The van der Waals surface area contributed by atoms with Gasteiger partial charge in [-0.15, -0.1) is 0 Å². The molecule has 0 aromatic carbocycles. The molecule has 4 heteroatoms. The van der Waals surface area contributed by atoms with Crippen molar-refractivity contribution >= 4 is 12.2 Å². The van der Waals surface area contributed by atoms with Crippen LogP contribution in [0.1, 0.15) is 25.2 Å². The van der Waals surface area contributed by atoms with Gasteiger partial charge in [-0.3, -0.25) is 5.10 Å². The first-order valence-electron chi connectivity index (χ1n) is 3.83. The van der Waals surface area contributed by atoms with Crippen molar-refractivity contribution in [3.05, 3.63) is 10.6 Å². The van der Waals surface area contributed by atoms with Gasteiger partial charge >= 0.3 is 0 Å². The molecular weight excluding hydrogens is 158 g/mol. The third-order valence-electron chi connectivity index (χ3n) is 2.28. The van der Waals surface area contributed by atoms with E-state index in [0.717, 1.165) is 16.5 Å². The average Bonchev–Trinajstić information content (AvgIpc) is 2.54. The molecule has 0 amide bonds. The van der Waals surface area contributed by atoms with Crippen LogP contribution in [0.15, 0.2) is 0 Å². The van der Waals surface area contributed by atoms with Crippen molar-refractivity contribution in [2.24, 2.45) is 5.92 Å². The second kappa shape index (κ2) is 2.17. The largest absolute Gasteiger partial charge is 0.301 e. The summed E-state index contributed by atoms with van der Waals surface area (Å²) in [5.41, 5.74) is 0. The minimum absolute atomic E-state index is 0.612. The van der Waals surface area contributed by atoms with E-state index in [-0.39, 0.29) is 0 Å². The molecule has 11 heavy (non-hydrogen) atoms. The highest BCUT2D eigenvalue weighted by atomic mass is 32.1. The van der Waals surface area contributed by atoms with Crippen LogP contribution >= 0.6 is 12.2 Å². The number of H-pyrrole nitrogens is 1. The standard InChI is InChI=1S/C7H11N3S/c1-4-3-6(4)10-5(2)8-9-7(10)11/h4,6H,3H2,1-2H3,(H,9,11). The van der Waals surface area contributed by atoms with Crippen LogP contribution in [-0.4, -0.2) is 14.8 Å². The molecule has 1 fully saturated rings. The van der Waals surface area contributed by atoms with Crippen LogP contribution in [0.25, 0.3) is 0 Å². The molecule has 0 spiro atoms. The molecular formula is C7H11N3S. The second-order valence-corrected chi connectivity index (χ2v) is 3.61. The van der Waals surface area contributed by atoms with E-state index in [1.165, 1.54) is 6.42 Å². The van der Waals surface area contributed by atoms with Crippen LogP contribution in [0.2, 0.25) is 0 Å². The van der Waals surface area contributed by atoms with Crippen molar-refractivity contribution in [2.45, 2.75) is 26.3 Å². The van der Waals surface area contributed by atoms with Crippen LogP contribution < -0.4 is 0 Å². The molecule has 1 heterocycles. The number of aromatic amines is 1. The van der Waals surface area contributed by atoms with Gasteiger partial charge in [-0.1, -0.05) is 6.92 Å². The van der Waals surface area contributed by atoms with Gasteiger partial charge in [0.15, 0.2) is 4.77 Å². The summed E-state index contributed by atoms with van der Waals surface area (Å²) in [5.74, 6) is 1.78. The Morgan fingerprint density at radius 3 is 2.73 bits per heavy atom. The molecule has 3 nitrogen and oxygen atoms in total. The zero-order valence-electron chi connectivity index (χ0n) is 6.66. The van der Waals surface area contributed by atoms with Crippen molar-refractivity contribution in [3.63, 3.8) is 0 Å². The van der Waals surface area contributed by atoms with Crippen molar-refractivity contribution in [1.29, 1.82) is 0 Å². The smallest absolute Gasteiger partial charge is 0.195 e. The quantitative estimate of drug-likeness (QED) is 0.651. The average molecular weight is 169 g/mol. The molecule has 2 atom stereocenters. The molecule has 60 valence electrons. The number of hydrogen-bond acceptors (Lipinski definition) is 2. The van der Waals surface area contributed by atoms with Gasteiger partial charge in [-0.25, -0.2) is 0 Å². The van der Waals surface area contributed by atoms with Crippen molar-refractivity contribution in [1.82, 2.24) is 14.8 Å². The fraction of sp³-hybridized carbons (Fsp3) is 0.714. The Hall–Kier alpha value is -0.640. The Kier molecular flexibility index (Phi) is 1.39. The van der Waals surface area contributed by atoms with Crippen LogP contribution in [0.5, 0.6) is 0 Å². The lowest BCUT2D eigenvalue weighted by molar-refractivity contribution is 0.654. The Labute approximate surface area is 70.4 Å². The maximum atomic E-state index is 5.09. The van der Waals surface area contributed by atoms with Gasteiger partial charge in [0.1, 0.15) is 5.82 Å². The third kappa shape index (κ3) is 1.01. The molecule has 1 N–H and O–H groups in total. The number of nitrogens with one attached hydrogen (secondary N) is 1. The van der Waals surface area contributed by atoms with Gasteiger partial charge in [-0.05, 0) is 31.5 Å². The summed E-state index contributed by atoms with van der Waals surface area (Å²) in [7, 11) is 0. The van der Waals surface area contributed by atoms with E-state index in [4.69, 9.17) is 12.2 Å². The number of hydrogen-bond donors (Lipinski definition) is 1. The lowest BCUT2D eigenvalue weighted by Crippen LogP contribution is -1.97. The molecule has 1 aliphatic carbocycles. The number of rotatable bonds is 1. The van der Waals surface area contributed by atoms with E-state index in [1.807, 2.05) is 6.92 Å². The van der Waals surface area contributed by atoms with Crippen molar-refractivity contribution in [2.75, 3.05) is 0 Å². The van der Waals surface area contributed by atoms with E-state index in [0.29, 0.717) is 6.04 Å². The van der Waals surface area contributed by atoms with Crippen LogP contribution in [0.3, 0.4) is 0 Å². The topological polar surface area (TPSA) is 33.6 Å². The van der Waals surface area contributed by atoms with Gasteiger partial charge in [0.25, 0.3) is 0 Å². The van der Waals surface area contributed by atoms with E-state index < -0.39 is 0 Å². The highest BCUT2D eigenvalue weighted by molar-refractivity contribution is 7.71.